The summed E-state index contributed by atoms with van der Waals surface area (Å²) in [5, 5.41) is 13.1. The fourth-order valence-corrected chi connectivity index (χ4v) is 4.76. The van der Waals surface area contributed by atoms with Gasteiger partial charge in [0.1, 0.15) is 5.69 Å². The van der Waals surface area contributed by atoms with Crippen LogP contribution in [0, 0.1) is 11.5 Å². The zero-order chi connectivity index (χ0) is 31.4. The number of hydrogen-bond donors (Lipinski definition) is 1. The molecule has 2 atom stereocenters. The first-order valence-corrected chi connectivity index (χ1v) is 12.0. The van der Waals surface area contributed by atoms with Gasteiger partial charge in [0.25, 0.3) is 5.91 Å². The Labute approximate surface area is 238 Å². The molecule has 0 bridgehead atoms. The third-order valence-electron chi connectivity index (χ3n) is 6.16. The number of carbonyl (C=O) groups is 1. The highest BCUT2D eigenvalue weighted by Gasteiger charge is 2.73. The molecule has 0 radical (unpaired) electrons. The standard InChI is InChI=1S/C24H12Cl2F10N4O2/c25-16-6-14(16)13-2-1-10(3-15(13)20(41)38-9-37)11-7-39-40(8-11)19-17(26)4-12(5-18(19)42-24(34,35)36)21(27,22(28,29)30)23(31,32)33/h1-5,7-8,14,16H,6H2,(H,38,41). The van der Waals surface area contributed by atoms with Crippen LogP contribution in [0.3, 0.4) is 0 Å². The lowest BCUT2D eigenvalue weighted by Crippen LogP contribution is -2.50. The maximum Gasteiger partial charge on any atom is 0.573 e. The van der Waals surface area contributed by atoms with Crippen LogP contribution in [-0.4, -0.2) is 39.8 Å². The lowest BCUT2D eigenvalue weighted by atomic mass is 9.93. The highest BCUT2D eigenvalue weighted by atomic mass is 35.5. The van der Waals surface area contributed by atoms with Crippen LogP contribution < -0.4 is 10.1 Å². The third-order valence-corrected chi connectivity index (χ3v) is 6.93. The van der Waals surface area contributed by atoms with Gasteiger partial charge in [-0.3, -0.25) is 10.1 Å². The van der Waals surface area contributed by atoms with Gasteiger partial charge in [0.05, 0.1) is 11.2 Å². The molecule has 224 valence electrons. The molecule has 18 heteroatoms. The van der Waals surface area contributed by atoms with Gasteiger partial charge in [0.15, 0.2) is 11.9 Å². The number of nitrogens with zero attached hydrogens (tertiary/aromatic N) is 3. The average Bonchev–Trinajstić information content (AvgIpc) is 3.37. The Balaban J connectivity index is 1.85. The van der Waals surface area contributed by atoms with E-state index < -0.39 is 58.4 Å². The number of rotatable bonds is 6. The minimum Gasteiger partial charge on any atom is -0.403 e. The van der Waals surface area contributed by atoms with Crippen LogP contribution in [0.1, 0.15) is 33.8 Å². The average molecular weight is 649 g/mol. The number of carbonyl (C=O) groups excluding carboxylic acids is 1. The van der Waals surface area contributed by atoms with Crippen LogP contribution in [0.4, 0.5) is 43.9 Å². The Morgan fingerprint density at radius 1 is 1.02 bits per heavy atom. The summed E-state index contributed by atoms with van der Waals surface area (Å²) in [6.07, 6.45) is -14.9. The summed E-state index contributed by atoms with van der Waals surface area (Å²) < 4.78 is 138. The molecule has 1 amide bonds. The summed E-state index contributed by atoms with van der Waals surface area (Å²) in [4.78, 5) is 12.5. The van der Waals surface area contributed by atoms with Crippen molar-refractivity contribution in [1.29, 1.82) is 5.26 Å². The molecule has 2 unspecified atom stereocenters. The van der Waals surface area contributed by atoms with Gasteiger partial charge in [-0.05, 0) is 35.7 Å². The van der Waals surface area contributed by atoms with E-state index in [0.717, 1.165) is 12.4 Å². The minimum absolute atomic E-state index is 0.0389. The highest BCUT2D eigenvalue weighted by molar-refractivity contribution is 6.32. The van der Waals surface area contributed by atoms with Crippen LogP contribution in [0.2, 0.25) is 5.02 Å². The lowest BCUT2D eigenvalue weighted by molar-refractivity contribution is -0.348. The predicted octanol–water partition coefficient (Wildman–Crippen LogP) is 7.69. The number of halogens is 12. The Kier molecular flexibility index (Phi) is 7.83. The SMILES string of the molecule is N#CNC(=O)c1cc(-c2cnn(-c3c(Cl)cc(C(F)(C(F)(F)F)C(F)(F)F)cc3OC(F)(F)F)c2)ccc1C1CC1Cl. The van der Waals surface area contributed by atoms with Crippen LogP contribution in [0.15, 0.2) is 42.7 Å². The Morgan fingerprint density at radius 3 is 2.17 bits per heavy atom. The van der Waals surface area contributed by atoms with Gasteiger partial charge in [-0.1, -0.05) is 23.7 Å². The van der Waals surface area contributed by atoms with E-state index >= 15 is 0 Å². The molecule has 1 aromatic heterocycles. The molecular formula is C24H12Cl2F10N4O2. The first-order chi connectivity index (χ1) is 19.3. The van der Waals surface area contributed by atoms with Crippen molar-refractivity contribution in [3.63, 3.8) is 0 Å². The molecule has 0 aliphatic heterocycles. The summed E-state index contributed by atoms with van der Waals surface area (Å²) in [5.41, 5.74) is -8.56. The number of nitrogens with one attached hydrogen (secondary N) is 1. The van der Waals surface area contributed by atoms with Crippen molar-refractivity contribution in [2.75, 3.05) is 0 Å². The molecule has 1 aliphatic carbocycles. The van der Waals surface area contributed by atoms with Gasteiger partial charge >= 0.3 is 24.4 Å². The molecule has 3 aromatic rings. The van der Waals surface area contributed by atoms with Gasteiger partial charge in [0.2, 0.25) is 0 Å². The van der Waals surface area contributed by atoms with E-state index in [1.807, 2.05) is 5.32 Å². The van der Waals surface area contributed by atoms with E-state index in [0.29, 0.717) is 16.7 Å². The van der Waals surface area contributed by atoms with E-state index in [1.54, 1.807) is 0 Å². The molecule has 4 rings (SSSR count). The molecule has 6 nitrogen and oxygen atoms in total. The minimum atomic E-state index is -6.64. The summed E-state index contributed by atoms with van der Waals surface area (Å²) in [5.74, 6) is -2.71. The quantitative estimate of drug-likeness (QED) is 0.129. The largest absolute Gasteiger partial charge is 0.573 e. The Morgan fingerprint density at radius 2 is 1.64 bits per heavy atom. The molecule has 1 saturated carbocycles. The fourth-order valence-electron chi connectivity index (χ4n) is 4.14. The second-order valence-electron chi connectivity index (χ2n) is 8.91. The maximum atomic E-state index is 14.6. The summed E-state index contributed by atoms with van der Waals surface area (Å²) in [6, 6.07) is 3.74. The number of ether oxygens (including phenoxy) is 1. The van der Waals surface area contributed by atoms with Crippen molar-refractivity contribution < 1.29 is 53.4 Å². The molecule has 2 aromatic carbocycles. The molecule has 0 saturated heterocycles. The smallest absolute Gasteiger partial charge is 0.403 e. The van der Waals surface area contributed by atoms with Crippen molar-refractivity contribution >= 4 is 29.1 Å². The first kappa shape index (κ1) is 31.2. The van der Waals surface area contributed by atoms with Crippen LogP contribution >= 0.6 is 23.2 Å². The van der Waals surface area contributed by atoms with Crippen molar-refractivity contribution in [3.8, 4) is 28.8 Å². The zero-order valence-electron chi connectivity index (χ0n) is 20.1. The normalized spacial score (nSPS) is 17.5. The second-order valence-corrected chi connectivity index (χ2v) is 9.87. The summed E-state index contributed by atoms with van der Waals surface area (Å²) in [6.45, 7) is 0. The van der Waals surface area contributed by atoms with E-state index in [2.05, 4.69) is 9.84 Å². The van der Waals surface area contributed by atoms with Crippen LogP contribution in [-0.2, 0) is 5.67 Å². The third kappa shape index (κ3) is 5.80. The van der Waals surface area contributed by atoms with Gasteiger partial charge in [-0.2, -0.15) is 36.7 Å². The number of amides is 1. The molecular weight excluding hydrogens is 637 g/mol. The zero-order valence-corrected chi connectivity index (χ0v) is 21.6. The van der Waals surface area contributed by atoms with Crippen molar-refractivity contribution in [3.05, 3.63) is 64.4 Å². The fraction of sp³-hybridized carbons (Fsp3) is 0.292. The van der Waals surface area contributed by atoms with Crippen molar-refractivity contribution in [1.82, 2.24) is 15.1 Å². The Hall–Kier alpha value is -3.71. The number of alkyl halides is 11. The van der Waals surface area contributed by atoms with Crippen molar-refractivity contribution in [2.45, 2.75) is 42.1 Å². The number of aromatic nitrogens is 2. The van der Waals surface area contributed by atoms with Gasteiger partial charge < -0.3 is 4.74 Å². The van der Waals surface area contributed by atoms with Crippen LogP contribution in [0.5, 0.6) is 5.75 Å². The second kappa shape index (κ2) is 10.5. The Bertz CT molecular complexity index is 1560. The van der Waals surface area contributed by atoms with Crippen molar-refractivity contribution in [2.24, 2.45) is 0 Å². The van der Waals surface area contributed by atoms with Gasteiger partial charge in [0, 0.05) is 34.2 Å². The van der Waals surface area contributed by atoms with Crippen LogP contribution in [0.25, 0.3) is 16.8 Å². The monoisotopic (exact) mass is 648 g/mol. The number of benzene rings is 2. The summed E-state index contributed by atoms with van der Waals surface area (Å²) in [7, 11) is 0. The van der Waals surface area contributed by atoms with Gasteiger partial charge in [-0.25, -0.2) is 9.07 Å². The molecule has 1 heterocycles. The summed E-state index contributed by atoms with van der Waals surface area (Å²) >= 11 is 11.9. The van der Waals surface area contributed by atoms with E-state index in [9.17, 15) is 48.7 Å². The molecule has 1 fully saturated rings. The molecule has 42 heavy (non-hydrogen) atoms. The lowest BCUT2D eigenvalue weighted by Gasteiger charge is -2.31. The van der Waals surface area contributed by atoms with E-state index in [1.165, 1.54) is 24.4 Å². The maximum absolute atomic E-state index is 14.6. The highest BCUT2D eigenvalue weighted by Crippen LogP contribution is 2.55. The molecule has 1 aliphatic rings. The van der Waals surface area contributed by atoms with Gasteiger partial charge in [-0.15, -0.1) is 24.8 Å². The number of nitriles is 1. The van der Waals surface area contributed by atoms with E-state index in [4.69, 9.17) is 28.5 Å². The predicted molar refractivity (Wildman–Crippen MR) is 126 cm³/mol. The number of hydrogen-bond acceptors (Lipinski definition) is 4. The molecule has 1 N–H and O–H groups in total. The first-order valence-electron chi connectivity index (χ1n) is 11.2. The topological polar surface area (TPSA) is 79.9 Å². The van der Waals surface area contributed by atoms with E-state index in [-0.39, 0.29) is 34.1 Å². The molecule has 0 spiro atoms.